The highest BCUT2D eigenvalue weighted by Gasteiger charge is 2.17. The zero-order valence-corrected chi connectivity index (χ0v) is 9.03. The summed E-state index contributed by atoms with van der Waals surface area (Å²) in [6.07, 6.45) is 3.31. The van der Waals surface area contributed by atoms with Gasteiger partial charge in [0.15, 0.2) is 0 Å². The largest absolute Gasteiger partial charge is 0.315 e. The minimum Gasteiger partial charge on any atom is -0.315 e. The molecule has 0 aliphatic heterocycles. The maximum Gasteiger partial charge on any atom is 0.230 e. The standard InChI is InChI=1S/C10H13ClN2O/c1-8(7-11)10(14)13(2)9-3-5-12-6-4-9/h3-6,8H,7H2,1-2H3. The van der Waals surface area contributed by atoms with Crippen molar-refractivity contribution >= 4 is 23.2 Å². The lowest BCUT2D eigenvalue weighted by atomic mass is 10.2. The number of carbonyl (C=O) groups is 1. The smallest absolute Gasteiger partial charge is 0.230 e. The highest BCUT2D eigenvalue weighted by molar-refractivity contribution is 6.19. The molecule has 1 unspecified atom stereocenters. The van der Waals surface area contributed by atoms with Gasteiger partial charge in [0.1, 0.15) is 0 Å². The monoisotopic (exact) mass is 212 g/mol. The molecule has 0 saturated heterocycles. The predicted octanol–water partition coefficient (Wildman–Crippen LogP) is 1.92. The maximum absolute atomic E-state index is 11.7. The van der Waals surface area contributed by atoms with Gasteiger partial charge in [0, 0.05) is 36.9 Å². The van der Waals surface area contributed by atoms with Crippen molar-refractivity contribution in [1.82, 2.24) is 4.98 Å². The molecule has 4 heteroatoms. The van der Waals surface area contributed by atoms with E-state index in [2.05, 4.69) is 4.98 Å². The second-order valence-electron chi connectivity index (χ2n) is 3.16. The van der Waals surface area contributed by atoms with E-state index in [1.54, 1.807) is 36.5 Å². The van der Waals surface area contributed by atoms with Crippen LogP contribution in [0, 0.1) is 5.92 Å². The summed E-state index contributed by atoms with van der Waals surface area (Å²) in [6.45, 7) is 1.81. The van der Waals surface area contributed by atoms with E-state index in [-0.39, 0.29) is 11.8 Å². The molecule has 1 rings (SSSR count). The van der Waals surface area contributed by atoms with Gasteiger partial charge in [-0.1, -0.05) is 6.92 Å². The summed E-state index contributed by atoms with van der Waals surface area (Å²) >= 11 is 5.62. The number of amides is 1. The van der Waals surface area contributed by atoms with E-state index in [1.165, 1.54) is 0 Å². The Morgan fingerprint density at radius 1 is 1.57 bits per heavy atom. The van der Waals surface area contributed by atoms with Crippen LogP contribution in [0.5, 0.6) is 0 Å². The van der Waals surface area contributed by atoms with Gasteiger partial charge < -0.3 is 4.90 Å². The zero-order chi connectivity index (χ0) is 10.6. The van der Waals surface area contributed by atoms with Crippen molar-refractivity contribution in [2.75, 3.05) is 17.8 Å². The lowest BCUT2D eigenvalue weighted by Gasteiger charge is -2.19. The fraction of sp³-hybridized carbons (Fsp3) is 0.400. The summed E-state index contributed by atoms with van der Waals surface area (Å²) in [4.78, 5) is 17.2. The third kappa shape index (κ3) is 2.45. The van der Waals surface area contributed by atoms with Gasteiger partial charge in [-0.15, -0.1) is 11.6 Å². The number of carbonyl (C=O) groups excluding carboxylic acids is 1. The summed E-state index contributed by atoms with van der Waals surface area (Å²) in [5, 5.41) is 0. The highest BCUT2D eigenvalue weighted by atomic mass is 35.5. The molecule has 14 heavy (non-hydrogen) atoms. The van der Waals surface area contributed by atoms with Crippen LogP contribution >= 0.6 is 11.6 Å². The second kappa shape index (κ2) is 4.96. The quantitative estimate of drug-likeness (QED) is 0.718. The Kier molecular flexibility index (Phi) is 3.89. The molecule has 76 valence electrons. The number of pyridine rings is 1. The van der Waals surface area contributed by atoms with Gasteiger partial charge in [-0.05, 0) is 12.1 Å². The van der Waals surface area contributed by atoms with Crippen molar-refractivity contribution < 1.29 is 4.79 Å². The van der Waals surface area contributed by atoms with Crippen LogP contribution in [-0.2, 0) is 4.79 Å². The van der Waals surface area contributed by atoms with Gasteiger partial charge >= 0.3 is 0 Å². The molecule has 0 spiro atoms. The Morgan fingerprint density at radius 2 is 2.14 bits per heavy atom. The summed E-state index contributed by atoms with van der Waals surface area (Å²) < 4.78 is 0. The third-order valence-corrected chi connectivity index (χ3v) is 2.50. The zero-order valence-electron chi connectivity index (χ0n) is 8.27. The molecular formula is C10H13ClN2O. The molecule has 1 aromatic rings. The number of nitrogens with zero attached hydrogens (tertiary/aromatic N) is 2. The Balaban J connectivity index is 2.76. The minimum atomic E-state index is -0.158. The van der Waals surface area contributed by atoms with Crippen LogP contribution in [0.2, 0.25) is 0 Å². The number of hydrogen-bond acceptors (Lipinski definition) is 2. The molecule has 0 aromatic carbocycles. The van der Waals surface area contributed by atoms with Crippen LogP contribution in [0.4, 0.5) is 5.69 Å². The van der Waals surface area contributed by atoms with Gasteiger partial charge in [-0.25, -0.2) is 0 Å². The number of halogens is 1. The fourth-order valence-corrected chi connectivity index (χ4v) is 1.22. The molecule has 1 amide bonds. The fourth-order valence-electron chi connectivity index (χ4n) is 1.09. The Hall–Kier alpha value is -1.09. The average molecular weight is 213 g/mol. The molecule has 0 radical (unpaired) electrons. The van der Waals surface area contributed by atoms with E-state index >= 15 is 0 Å². The minimum absolute atomic E-state index is 0.0196. The Morgan fingerprint density at radius 3 is 2.64 bits per heavy atom. The summed E-state index contributed by atoms with van der Waals surface area (Å²) in [6, 6.07) is 3.58. The predicted molar refractivity (Wildman–Crippen MR) is 57.5 cm³/mol. The van der Waals surface area contributed by atoms with E-state index in [0.29, 0.717) is 5.88 Å². The van der Waals surface area contributed by atoms with Crippen molar-refractivity contribution in [3.8, 4) is 0 Å². The molecule has 0 N–H and O–H groups in total. The van der Waals surface area contributed by atoms with Gasteiger partial charge in [0.2, 0.25) is 5.91 Å². The van der Waals surface area contributed by atoms with Crippen LogP contribution in [0.15, 0.2) is 24.5 Å². The van der Waals surface area contributed by atoms with Gasteiger partial charge in [0.25, 0.3) is 0 Å². The first kappa shape index (κ1) is 11.0. The summed E-state index contributed by atoms with van der Waals surface area (Å²) in [5.74, 6) is 0.204. The molecule has 0 aliphatic carbocycles. The molecule has 1 heterocycles. The number of rotatable bonds is 3. The van der Waals surface area contributed by atoms with E-state index in [0.717, 1.165) is 5.69 Å². The molecular weight excluding hydrogens is 200 g/mol. The van der Waals surface area contributed by atoms with Gasteiger partial charge in [0.05, 0.1) is 0 Å². The van der Waals surface area contributed by atoms with E-state index in [4.69, 9.17) is 11.6 Å². The van der Waals surface area contributed by atoms with Crippen molar-refractivity contribution in [2.24, 2.45) is 5.92 Å². The lowest BCUT2D eigenvalue weighted by Crippen LogP contribution is -2.32. The molecule has 3 nitrogen and oxygen atoms in total. The van der Waals surface area contributed by atoms with E-state index < -0.39 is 0 Å². The Bertz CT molecular complexity index is 302. The molecule has 0 bridgehead atoms. The summed E-state index contributed by atoms with van der Waals surface area (Å²) in [5.41, 5.74) is 0.835. The molecule has 1 aromatic heterocycles. The van der Waals surface area contributed by atoms with Crippen LogP contribution in [0.3, 0.4) is 0 Å². The van der Waals surface area contributed by atoms with Crippen molar-refractivity contribution in [3.63, 3.8) is 0 Å². The number of aromatic nitrogens is 1. The second-order valence-corrected chi connectivity index (χ2v) is 3.47. The Labute approximate surface area is 88.7 Å². The van der Waals surface area contributed by atoms with Crippen LogP contribution < -0.4 is 4.90 Å². The first-order valence-electron chi connectivity index (χ1n) is 4.40. The molecule has 0 aliphatic rings. The number of hydrogen-bond donors (Lipinski definition) is 0. The molecule has 0 saturated carbocycles. The number of alkyl halides is 1. The van der Waals surface area contributed by atoms with Crippen LogP contribution in [0.25, 0.3) is 0 Å². The van der Waals surface area contributed by atoms with Crippen molar-refractivity contribution in [1.29, 1.82) is 0 Å². The van der Waals surface area contributed by atoms with Gasteiger partial charge in [-0.3, -0.25) is 9.78 Å². The first-order valence-corrected chi connectivity index (χ1v) is 4.94. The van der Waals surface area contributed by atoms with Crippen LogP contribution in [-0.4, -0.2) is 23.8 Å². The van der Waals surface area contributed by atoms with E-state index in [1.807, 2.05) is 6.92 Å². The van der Waals surface area contributed by atoms with Crippen LogP contribution in [0.1, 0.15) is 6.92 Å². The normalized spacial score (nSPS) is 12.2. The molecule has 1 atom stereocenters. The van der Waals surface area contributed by atoms with Crippen molar-refractivity contribution in [2.45, 2.75) is 6.92 Å². The number of anilines is 1. The average Bonchev–Trinajstić information content (AvgIpc) is 2.27. The highest BCUT2D eigenvalue weighted by Crippen LogP contribution is 2.13. The van der Waals surface area contributed by atoms with Gasteiger partial charge in [-0.2, -0.15) is 0 Å². The van der Waals surface area contributed by atoms with E-state index in [9.17, 15) is 4.79 Å². The third-order valence-electron chi connectivity index (χ3n) is 2.03. The molecule has 0 fully saturated rings. The SMILES string of the molecule is CC(CCl)C(=O)N(C)c1ccncc1. The topological polar surface area (TPSA) is 33.2 Å². The maximum atomic E-state index is 11.7. The van der Waals surface area contributed by atoms with Crippen molar-refractivity contribution in [3.05, 3.63) is 24.5 Å². The summed E-state index contributed by atoms with van der Waals surface area (Å²) in [7, 11) is 1.74. The lowest BCUT2D eigenvalue weighted by molar-refractivity contribution is -0.121. The first-order chi connectivity index (χ1) is 6.66.